The highest BCUT2D eigenvalue weighted by Gasteiger charge is 2.12. The molecule has 0 radical (unpaired) electrons. The van der Waals surface area contributed by atoms with Gasteiger partial charge >= 0.3 is 11.7 Å². The molecule has 1 heterocycles. The molecular weight excluding hydrogens is 248 g/mol. The first-order chi connectivity index (χ1) is 8.88. The Kier molecular flexibility index (Phi) is 3.08. The number of aromatic carboxylic acids is 1. The molecule has 0 amide bonds. The van der Waals surface area contributed by atoms with Gasteiger partial charge in [0.15, 0.2) is 0 Å². The van der Waals surface area contributed by atoms with Crippen LogP contribution in [0.1, 0.15) is 21.5 Å². The summed E-state index contributed by atoms with van der Waals surface area (Å²) >= 11 is 0. The molecule has 1 aromatic heterocycles. The molecule has 6 nitrogen and oxygen atoms in total. The van der Waals surface area contributed by atoms with E-state index in [-0.39, 0.29) is 0 Å². The van der Waals surface area contributed by atoms with Gasteiger partial charge < -0.3 is 5.11 Å². The molecule has 2 rings (SSSR count). The van der Waals surface area contributed by atoms with Crippen LogP contribution < -0.4 is 11.2 Å². The molecule has 0 spiro atoms. The van der Waals surface area contributed by atoms with E-state index in [1.165, 1.54) is 0 Å². The van der Waals surface area contributed by atoms with E-state index in [9.17, 15) is 14.4 Å². The van der Waals surface area contributed by atoms with Crippen molar-refractivity contribution in [3.63, 3.8) is 0 Å². The maximum absolute atomic E-state index is 11.8. The smallest absolute Gasteiger partial charge is 0.342 e. The van der Waals surface area contributed by atoms with Gasteiger partial charge in [0.05, 0.1) is 5.69 Å². The van der Waals surface area contributed by atoms with E-state index in [4.69, 9.17) is 5.11 Å². The van der Waals surface area contributed by atoms with Crippen LogP contribution in [0.15, 0.2) is 34.0 Å². The van der Waals surface area contributed by atoms with E-state index in [1.807, 2.05) is 24.9 Å². The highest BCUT2D eigenvalue weighted by molar-refractivity contribution is 5.86. The number of carboxylic acids is 1. The van der Waals surface area contributed by atoms with E-state index < -0.39 is 22.8 Å². The second-order valence-corrected chi connectivity index (χ2v) is 4.32. The lowest BCUT2D eigenvalue weighted by molar-refractivity contribution is 0.0694. The number of nitrogens with one attached hydrogen (secondary N) is 1. The number of hydrogen-bond acceptors (Lipinski definition) is 3. The van der Waals surface area contributed by atoms with Crippen LogP contribution >= 0.6 is 0 Å². The van der Waals surface area contributed by atoms with Crippen molar-refractivity contribution in [2.75, 3.05) is 0 Å². The van der Waals surface area contributed by atoms with E-state index in [1.54, 1.807) is 12.1 Å². The summed E-state index contributed by atoms with van der Waals surface area (Å²) < 4.78 is 1.12. The molecule has 0 aliphatic rings. The SMILES string of the molecule is Cc1cc(C)cc(-n2cc(C(=O)O)c(=O)[nH]c2=O)c1. The van der Waals surface area contributed by atoms with Crippen molar-refractivity contribution in [1.29, 1.82) is 0 Å². The van der Waals surface area contributed by atoms with Crippen molar-refractivity contribution in [2.24, 2.45) is 0 Å². The third-order valence-electron chi connectivity index (χ3n) is 2.66. The molecule has 1 aromatic carbocycles. The van der Waals surface area contributed by atoms with Crippen LogP contribution in [-0.4, -0.2) is 20.6 Å². The quantitative estimate of drug-likeness (QED) is 0.836. The monoisotopic (exact) mass is 260 g/mol. The number of nitrogens with zero attached hydrogens (tertiary/aromatic N) is 1. The number of rotatable bonds is 2. The summed E-state index contributed by atoms with van der Waals surface area (Å²) in [6, 6.07) is 5.40. The standard InChI is InChI=1S/C13H12N2O4/c1-7-3-8(2)5-9(4-7)15-6-10(12(17)18)11(16)14-13(15)19/h3-6H,1-2H3,(H,17,18)(H,14,16,19). The van der Waals surface area contributed by atoms with Crippen LogP contribution in [0.5, 0.6) is 0 Å². The molecular formula is C13H12N2O4. The van der Waals surface area contributed by atoms with Gasteiger partial charge in [0.1, 0.15) is 5.56 Å². The lowest BCUT2D eigenvalue weighted by Gasteiger charge is -2.08. The van der Waals surface area contributed by atoms with Crippen LogP contribution in [0.25, 0.3) is 5.69 Å². The maximum atomic E-state index is 11.8. The lowest BCUT2D eigenvalue weighted by Crippen LogP contribution is -2.32. The van der Waals surface area contributed by atoms with Crippen molar-refractivity contribution >= 4 is 5.97 Å². The predicted molar refractivity (Wildman–Crippen MR) is 69.1 cm³/mol. The zero-order chi connectivity index (χ0) is 14.2. The predicted octanol–water partition coefficient (Wildman–Crippen LogP) is 0.841. The van der Waals surface area contributed by atoms with Gasteiger partial charge in [-0.25, -0.2) is 9.59 Å². The third kappa shape index (κ3) is 2.47. The summed E-state index contributed by atoms with van der Waals surface area (Å²) in [5.74, 6) is -1.38. The zero-order valence-electron chi connectivity index (χ0n) is 10.4. The Hall–Kier alpha value is -2.63. The van der Waals surface area contributed by atoms with Crippen LogP contribution in [0.3, 0.4) is 0 Å². The van der Waals surface area contributed by atoms with Crippen LogP contribution in [-0.2, 0) is 0 Å². The molecule has 0 fully saturated rings. The number of H-pyrrole nitrogens is 1. The molecule has 0 saturated heterocycles. The molecule has 0 saturated carbocycles. The van der Waals surface area contributed by atoms with E-state index >= 15 is 0 Å². The van der Waals surface area contributed by atoms with Crippen molar-refractivity contribution in [3.8, 4) is 5.69 Å². The van der Waals surface area contributed by atoms with E-state index in [2.05, 4.69) is 0 Å². The normalized spacial score (nSPS) is 10.4. The second kappa shape index (κ2) is 4.56. The second-order valence-electron chi connectivity index (χ2n) is 4.32. The van der Waals surface area contributed by atoms with Gasteiger partial charge in [0.2, 0.25) is 0 Å². The lowest BCUT2D eigenvalue weighted by atomic mass is 10.1. The summed E-state index contributed by atoms with van der Waals surface area (Å²) in [7, 11) is 0. The van der Waals surface area contributed by atoms with Crippen LogP contribution in [0.2, 0.25) is 0 Å². The number of carboxylic acid groups (broad SMARTS) is 1. The first-order valence-electron chi connectivity index (χ1n) is 5.56. The Morgan fingerprint density at radius 3 is 2.26 bits per heavy atom. The van der Waals surface area contributed by atoms with E-state index in [0.29, 0.717) is 5.69 Å². The Bertz CT molecular complexity index is 751. The van der Waals surface area contributed by atoms with Crippen molar-refractivity contribution in [1.82, 2.24) is 9.55 Å². The summed E-state index contributed by atoms with van der Waals surface area (Å²) in [5, 5.41) is 8.90. The largest absolute Gasteiger partial charge is 0.477 e. The summed E-state index contributed by atoms with van der Waals surface area (Å²) in [6.45, 7) is 3.73. The Labute approximate surface area is 108 Å². The Morgan fingerprint density at radius 1 is 1.16 bits per heavy atom. The summed E-state index contributed by atoms with van der Waals surface area (Å²) in [5.41, 5.74) is 0.341. The van der Waals surface area contributed by atoms with Gasteiger partial charge in [-0.15, -0.1) is 0 Å². The van der Waals surface area contributed by atoms with Crippen LogP contribution in [0, 0.1) is 13.8 Å². The van der Waals surface area contributed by atoms with Gasteiger partial charge in [-0.3, -0.25) is 14.3 Å². The van der Waals surface area contributed by atoms with Crippen molar-refractivity contribution in [3.05, 3.63) is 61.9 Å². The fraction of sp³-hybridized carbons (Fsp3) is 0.154. The first-order valence-corrected chi connectivity index (χ1v) is 5.56. The molecule has 6 heteroatoms. The van der Waals surface area contributed by atoms with Gasteiger partial charge in [-0.2, -0.15) is 0 Å². The van der Waals surface area contributed by atoms with Crippen molar-refractivity contribution < 1.29 is 9.90 Å². The van der Waals surface area contributed by atoms with E-state index in [0.717, 1.165) is 21.9 Å². The Balaban J connectivity index is 2.75. The molecule has 19 heavy (non-hydrogen) atoms. The first kappa shape index (κ1) is 12.8. The highest BCUT2D eigenvalue weighted by atomic mass is 16.4. The topological polar surface area (TPSA) is 92.2 Å². The minimum atomic E-state index is -1.38. The zero-order valence-corrected chi connectivity index (χ0v) is 10.4. The molecule has 0 atom stereocenters. The molecule has 2 aromatic rings. The molecule has 0 aliphatic heterocycles. The summed E-state index contributed by atoms with van der Waals surface area (Å²) in [4.78, 5) is 36.0. The number of benzene rings is 1. The molecule has 98 valence electrons. The molecule has 0 aliphatic carbocycles. The number of carbonyl (C=O) groups is 1. The minimum Gasteiger partial charge on any atom is -0.477 e. The number of aryl methyl sites for hydroxylation is 2. The highest BCUT2D eigenvalue weighted by Crippen LogP contribution is 2.11. The molecule has 2 N–H and O–H groups in total. The average Bonchev–Trinajstić information content (AvgIpc) is 2.26. The van der Waals surface area contributed by atoms with Crippen molar-refractivity contribution in [2.45, 2.75) is 13.8 Å². The third-order valence-corrected chi connectivity index (χ3v) is 2.66. The Morgan fingerprint density at radius 2 is 1.74 bits per heavy atom. The average molecular weight is 260 g/mol. The van der Waals surface area contributed by atoms with Crippen LogP contribution in [0.4, 0.5) is 0 Å². The number of aromatic amines is 1. The fourth-order valence-electron chi connectivity index (χ4n) is 1.90. The molecule has 0 unspecified atom stereocenters. The van der Waals surface area contributed by atoms with Gasteiger partial charge in [0, 0.05) is 6.20 Å². The maximum Gasteiger partial charge on any atom is 0.342 e. The van der Waals surface area contributed by atoms with Gasteiger partial charge in [-0.1, -0.05) is 6.07 Å². The van der Waals surface area contributed by atoms with Gasteiger partial charge in [0.25, 0.3) is 5.56 Å². The van der Waals surface area contributed by atoms with Gasteiger partial charge in [-0.05, 0) is 37.1 Å². The summed E-state index contributed by atoms with van der Waals surface area (Å²) in [6.07, 6.45) is 1.04. The fourth-order valence-corrected chi connectivity index (χ4v) is 1.90. The number of hydrogen-bond donors (Lipinski definition) is 2. The molecule has 0 bridgehead atoms. The minimum absolute atomic E-state index is 0.473. The number of aromatic nitrogens is 2.